The molecule has 96 valence electrons. The number of hydrogen-bond acceptors (Lipinski definition) is 5. The quantitative estimate of drug-likeness (QED) is 0.664. The first-order valence-electron chi connectivity index (χ1n) is 4.81. The number of carboxylic acid groups (broad SMARTS) is 1. The Morgan fingerprint density at radius 1 is 1.53 bits per heavy atom. The predicted molar refractivity (Wildman–Crippen MR) is 58.3 cm³/mol. The summed E-state index contributed by atoms with van der Waals surface area (Å²) in [4.78, 5) is 22.3. The van der Waals surface area contributed by atoms with Gasteiger partial charge in [0.1, 0.15) is 6.61 Å². The van der Waals surface area contributed by atoms with Crippen LogP contribution in [0.15, 0.2) is 12.7 Å². The average Bonchev–Trinajstić information content (AvgIpc) is 2.52. The molecule has 1 atom stereocenters. The monoisotopic (exact) mass is 263 g/mol. The van der Waals surface area contributed by atoms with E-state index in [0.29, 0.717) is 0 Å². The topological polar surface area (TPSA) is 110 Å². The molecule has 7 nitrogen and oxygen atoms in total. The molecule has 1 fully saturated rings. The molecule has 0 saturated carbocycles. The van der Waals surface area contributed by atoms with Gasteiger partial charge in [-0.2, -0.15) is 0 Å². The summed E-state index contributed by atoms with van der Waals surface area (Å²) in [5.74, 6) is -2.26. The Hall–Kier alpha value is -1.57. The summed E-state index contributed by atoms with van der Waals surface area (Å²) in [7, 11) is -3.44. The summed E-state index contributed by atoms with van der Waals surface area (Å²) in [6, 6.07) is 0. The summed E-state index contributed by atoms with van der Waals surface area (Å²) in [6.07, 6.45) is 0.191. The number of alkyl carbamates (subject to hydrolysis) is 1. The Balaban J connectivity index is 2.78. The van der Waals surface area contributed by atoms with Crippen LogP contribution in [0.5, 0.6) is 0 Å². The lowest BCUT2D eigenvalue weighted by Gasteiger charge is -2.23. The van der Waals surface area contributed by atoms with Gasteiger partial charge in [0.15, 0.2) is 15.4 Å². The standard InChI is InChI=1S/C9H13NO6S/c1-2-4-16-8(13)10-9(7(11)12)3-5-17(14,15)6-9/h2H,1,3-6H2,(H,10,13)(H,11,12). The number of hydrogen-bond donors (Lipinski definition) is 2. The van der Waals surface area contributed by atoms with Crippen molar-refractivity contribution in [1.29, 1.82) is 0 Å². The van der Waals surface area contributed by atoms with Gasteiger partial charge in [-0.3, -0.25) is 0 Å². The van der Waals surface area contributed by atoms with Gasteiger partial charge in [0.25, 0.3) is 0 Å². The SMILES string of the molecule is C=CCOC(=O)NC1(C(=O)O)CCS(=O)(=O)C1. The third-order valence-corrected chi connectivity index (χ3v) is 4.15. The zero-order valence-corrected chi connectivity index (χ0v) is 9.83. The average molecular weight is 263 g/mol. The molecule has 1 aliphatic rings. The molecule has 1 aliphatic heterocycles. The molecule has 8 heteroatoms. The van der Waals surface area contributed by atoms with Crippen LogP contribution >= 0.6 is 0 Å². The van der Waals surface area contributed by atoms with Crippen molar-refractivity contribution >= 4 is 21.9 Å². The highest BCUT2D eigenvalue weighted by Gasteiger charge is 2.50. The van der Waals surface area contributed by atoms with Gasteiger partial charge in [0, 0.05) is 0 Å². The smallest absolute Gasteiger partial charge is 0.408 e. The molecule has 1 saturated heterocycles. The number of ether oxygens (including phenoxy) is 1. The van der Waals surface area contributed by atoms with E-state index in [0.717, 1.165) is 0 Å². The Morgan fingerprint density at radius 2 is 2.18 bits per heavy atom. The molecule has 0 radical (unpaired) electrons. The van der Waals surface area contributed by atoms with Crippen LogP contribution in [0.4, 0.5) is 4.79 Å². The van der Waals surface area contributed by atoms with Crippen LogP contribution in [0.1, 0.15) is 6.42 Å². The van der Waals surface area contributed by atoms with Crippen LogP contribution in [-0.2, 0) is 19.4 Å². The number of carbonyl (C=O) groups excluding carboxylic acids is 1. The van der Waals surface area contributed by atoms with E-state index < -0.39 is 33.2 Å². The number of rotatable bonds is 4. The number of aliphatic carboxylic acids is 1. The lowest BCUT2D eigenvalue weighted by molar-refractivity contribution is -0.143. The van der Waals surface area contributed by atoms with Crippen LogP contribution in [-0.4, -0.2) is 49.2 Å². The summed E-state index contributed by atoms with van der Waals surface area (Å²) >= 11 is 0. The molecule has 0 aromatic carbocycles. The molecule has 17 heavy (non-hydrogen) atoms. The zero-order chi connectivity index (χ0) is 13.1. The van der Waals surface area contributed by atoms with Gasteiger partial charge < -0.3 is 15.2 Å². The maximum Gasteiger partial charge on any atom is 0.408 e. The number of sulfone groups is 1. The lowest BCUT2D eigenvalue weighted by Crippen LogP contribution is -2.55. The highest BCUT2D eigenvalue weighted by molar-refractivity contribution is 7.91. The first-order valence-corrected chi connectivity index (χ1v) is 6.63. The second-order valence-electron chi connectivity index (χ2n) is 3.74. The van der Waals surface area contributed by atoms with Gasteiger partial charge in [-0.1, -0.05) is 12.7 Å². The lowest BCUT2D eigenvalue weighted by atomic mass is 10.00. The van der Waals surface area contributed by atoms with Crippen molar-refractivity contribution in [2.75, 3.05) is 18.1 Å². The van der Waals surface area contributed by atoms with Crippen molar-refractivity contribution < 1.29 is 27.9 Å². The molecule has 0 aromatic heterocycles. The van der Waals surface area contributed by atoms with Crippen LogP contribution in [0.2, 0.25) is 0 Å². The first-order chi connectivity index (χ1) is 7.81. The number of nitrogens with one attached hydrogen (secondary N) is 1. The van der Waals surface area contributed by atoms with Crippen molar-refractivity contribution in [3.05, 3.63) is 12.7 Å². The molecule has 0 bridgehead atoms. The Kier molecular flexibility index (Phi) is 3.76. The van der Waals surface area contributed by atoms with E-state index in [9.17, 15) is 18.0 Å². The van der Waals surface area contributed by atoms with E-state index in [4.69, 9.17) is 5.11 Å². The molecular formula is C9H13NO6S. The van der Waals surface area contributed by atoms with Gasteiger partial charge in [0.05, 0.1) is 11.5 Å². The van der Waals surface area contributed by atoms with Crippen LogP contribution < -0.4 is 5.32 Å². The normalized spacial score (nSPS) is 26.1. The Bertz CT molecular complexity index is 442. The number of carbonyl (C=O) groups is 2. The van der Waals surface area contributed by atoms with Gasteiger partial charge >= 0.3 is 12.1 Å². The van der Waals surface area contributed by atoms with Crippen molar-refractivity contribution in [3.63, 3.8) is 0 Å². The van der Waals surface area contributed by atoms with Crippen LogP contribution in [0, 0.1) is 0 Å². The number of amides is 1. The van der Waals surface area contributed by atoms with Gasteiger partial charge in [-0.15, -0.1) is 0 Å². The molecule has 0 spiro atoms. The first kappa shape index (κ1) is 13.5. The van der Waals surface area contributed by atoms with Crippen LogP contribution in [0.25, 0.3) is 0 Å². The largest absolute Gasteiger partial charge is 0.479 e. The fraction of sp³-hybridized carbons (Fsp3) is 0.556. The molecule has 0 aromatic rings. The van der Waals surface area contributed by atoms with Crippen molar-refractivity contribution in [1.82, 2.24) is 5.32 Å². The van der Waals surface area contributed by atoms with Gasteiger partial charge in [0.2, 0.25) is 0 Å². The Labute approximate surface area is 98.4 Å². The maximum atomic E-state index is 11.3. The summed E-state index contributed by atoms with van der Waals surface area (Å²) in [5.41, 5.74) is -1.78. The molecule has 1 rings (SSSR count). The number of carboxylic acids is 1. The van der Waals surface area contributed by atoms with Crippen molar-refractivity contribution in [3.8, 4) is 0 Å². The molecule has 1 unspecified atom stereocenters. The molecule has 0 aliphatic carbocycles. The third-order valence-electron chi connectivity index (χ3n) is 2.39. The van der Waals surface area contributed by atoms with E-state index in [1.807, 2.05) is 0 Å². The van der Waals surface area contributed by atoms with Gasteiger partial charge in [-0.25, -0.2) is 18.0 Å². The van der Waals surface area contributed by atoms with Crippen LogP contribution in [0.3, 0.4) is 0 Å². The van der Waals surface area contributed by atoms with E-state index >= 15 is 0 Å². The minimum atomic E-state index is -3.44. The fourth-order valence-electron chi connectivity index (χ4n) is 1.54. The molecule has 2 N–H and O–H groups in total. The second-order valence-corrected chi connectivity index (χ2v) is 5.93. The van der Waals surface area contributed by atoms with E-state index in [2.05, 4.69) is 16.6 Å². The minimum absolute atomic E-state index is 0.0751. The van der Waals surface area contributed by atoms with Gasteiger partial charge in [-0.05, 0) is 6.42 Å². The van der Waals surface area contributed by atoms with E-state index in [-0.39, 0.29) is 18.8 Å². The minimum Gasteiger partial charge on any atom is -0.479 e. The molecular weight excluding hydrogens is 250 g/mol. The van der Waals surface area contributed by atoms with Crippen molar-refractivity contribution in [2.24, 2.45) is 0 Å². The highest BCUT2D eigenvalue weighted by atomic mass is 32.2. The summed E-state index contributed by atoms with van der Waals surface area (Å²) in [6.45, 7) is 3.25. The predicted octanol–water partition coefficient (Wildman–Crippen LogP) is -0.459. The van der Waals surface area contributed by atoms with E-state index in [1.165, 1.54) is 6.08 Å². The molecule has 1 heterocycles. The maximum absolute atomic E-state index is 11.3. The molecule has 1 amide bonds. The Morgan fingerprint density at radius 3 is 2.59 bits per heavy atom. The second kappa shape index (κ2) is 4.74. The summed E-state index contributed by atoms with van der Waals surface area (Å²) in [5, 5.41) is 11.1. The zero-order valence-electron chi connectivity index (χ0n) is 9.01. The van der Waals surface area contributed by atoms with E-state index in [1.54, 1.807) is 0 Å². The fourth-order valence-corrected chi connectivity index (χ4v) is 3.43. The van der Waals surface area contributed by atoms with Crippen molar-refractivity contribution in [2.45, 2.75) is 12.0 Å². The summed E-state index contributed by atoms with van der Waals surface area (Å²) < 4.78 is 27.1. The third kappa shape index (κ3) is 3.19. The highest BCUT2D eigenvalue weighted by Crippen LogP contribution is 2.24.